The summed E-state index contributed by atoms with van der Waals surface area (Å²) in [4.78, 5) is 23.7. The van der Waals surface area contributed by atoms with Crippen molar-refractivity contribution in [1.82, 2.24) is 0 Å². The first-order chi connectivity index (χ1) is 11.4. The lowest BCUT2D eigenvalue weighted by Gasteiger charge is -2.14. The van der Waals surface area contributed by atoms with Gasteiger partial charge in [0.25, 0.3) is 5.91 Å². The van der Waals surface area contributed by atoms with Crippen LogP contribution in [0.15, 0.2) is 48.5 Å². The molecule has 1 unspecified atom stereocenters. The van der Waals surface area contributed by atoms with E-state index in [1.54, 1.807) is 48.5 Å². The largest absolute Gasteiger partial charge is 0.482 e. The predicted molar refractivity (Wildman–Crippen MR) is 92.6 cm³/mol. The lowest BCUT2D eigenvalue weighted by atomic mass is 10.3. The van der Waals surface area contributed by atoms with Crippen molar-refractivity contribution in [3.8, 4) is 5.75 Å². The Morgan fingerprint density at radius 1 is 1.00 bits per heavy atom. The van der Waals surface area contributed by atoms with E-state index in [-0.39, 0.29) is 6.61 Å². The highest BCUT2D eigenvalue weighted by atomic mass is 35.5. The van der Waals surface area contributed by atoms with Crippen molar-refractivity contribution in [2.45, 2.75) is 13.0 Å². The number of hydrogen-bond donors (Lipinski definition) is 1. The third kappa shape index (κ3) is 5.76. The van der Waals surface area contributed by atoms with Crippen molar-refractivity contribution in [3.63, 3.8) is 0 Å². The Labute approximate surface area is 149 Å². The molecule has 0 saturated carbocycles. The van der Waals surface area contributed by atoms with Crippen molar-refractivity contribution >= 4 is 40.8 Å². The molecule has 0 aliphatic rings. The summed E-state index contributed by atoms with van der Waals surface area (Å²) in [5.74, 6) is -0.615. The Kier molecular flexibility index (Phi) is 6.46. The number of esters is 1. The van der Waals surface area contributed by atoms with Gasteiger partial charge in [0.2, 0.25) is 0 Å². The first-order valence-electron chi connectivity index (χ1n) is 7.08. The predicted octanol–water partition coefficient (Wildman–Crippen LogP) is 3.94. The second-order valence-corrected chi connectivity index (χ2v) is 5.74. The van der Waals surface area contributed by atoms with Crippen LogP contribution in [0.2, 0.25) is 10.0 Å². The molecule has 2 aromatic carbocycles. The van der Waals surface area contributed by atoms with Gasteiger partial charge in [-0.05, 0) is 55.5 Å². The quantitative estimate of drug-likeness (QED) is 0.785. The molecular formula is C17H15Cl2NO4. The van der Waals surface area contributed by atoms with Crippen LogP contribution >= 0.6 is 23.2 Å². The van der Waals surface area contributed by atoms with E-state index >= 15 is 0 Å². The van der Waals surface area contributed by atoms with E-state index in [1.807, 2.05) is 0 Å². The molecule has 0 heterocycles. The minimum atomic E-state index is -0.956. The minimum Gasteiger partial charge on any atom is -0.482 e. The zero-order chi connectivity index (χ0) is 17.5. The number of halogens is 2. The normalized spacial score (nSPS) is 11.5. The average Bonchev–Trinajstić information content (AvgIpc) is 2.56. The third-order valence-corrected chi connectivity index (χ3v) is 3.46. The number of amides is 1. The zero-order valence-electron chi connectivity index (χ0n) is 12.8. The van der Waals surface area contributed by atoms with Gasteiger partial charge < -0.3 is 14.8 Å². The maximum Gasteiger partial charge on any atom is 0.344 e. The number of carbonyl (C=O) groups is 2. The topological polar surface area (TPSA) is 64.6 Å². The van der Waals surface area contributed by atoms with E-state index in [4.69, 9.17) is 32.7 Å². The smallest absolute Gasteiger partial charge is 0.344 e. The fourth-order valence-corrected chi connectivity index (χ4v) is 1.99. The summed E-state index contributed by atoms with van der Waals surface area (Å²) in [7, 11) is 0. The monoisotopic (exact) mass is 367 g/mol. The minimum absolute atomic E-state index is 0.305. The van der Waals surface area contributed by atoms with Gasteiger partial charge in [0.1, 0.15) is 5.75 Å². The Morgan fingerprint density at radius 3 is 2.12 bits per heavy atom. The molecule has 1 N–H and O–H groups in total. The summed E-state index contributed by atoms with van der Waals surface area (Å²) in [5, 5.41) is 3.75. The maximum absolute atomic E-state index is 12.0. The van der Waals surface area contributed by atoms with Crippen LogP contribution in [0.3, 0.4) is 0 Å². The Hall–Kier alpha value is -2.24. The SMILES string of the molecule is CC(OC(=O)COc1ccc(Cl)cc1)C(=O)Nc1ccc(Cl)cc1. The summed E-state index contributed by atoms with van der Waals surface area (Å²) in [5.41, 5.74) is 0.560. The van der Waals surface area contributed by atoms with E-state index in [2.05, 4.69) is 5.32 Å². The maximum atomic E-state index is 12.0. The van der Waals surface area contributed by atoms with Gasteiger partial charge in [-0.2, -0.15) is 0 Å². The molecule has 0 aromatic heterocycles. The molecule has 2 rings (SSSR count). The number of anilines is 1. The summed E-state index contributed by atoms with van der Waals surface area (Å²) < 4.78 is 10.3. The summed E-state index contributed by atoms with van der Waals surface area (Å²) in [6.07, 6.45) is -0.956. The molecule has 24 heavy (non-hydrogen) atoms. The first kappa shape index (κ1) is 18.1. The first-order valence-corrected chi connectivity index (χ1v) is 7.84. The Balaban J connectivity index is 1.78. The third-order valence-electron chi connectivity index (χ3n) is 2.96. The fourth-order valence-electron chi connectivity index (χ4n) is 1.73. The van der Waals surface area contributed by atoms with Gasteiger partial charge in [-0.3, -0.25) is 4.79 Å². The van der Waals surface area contributed by atoms with Gasteiger partial charge in [0.15, 0.2) is 12.7 Å². The van der Waals surface area contributed by atoms with Crippen LogP contribution in [0.5, 0.6) is 5.75 Å². The molecule has 1 amide bonds. The van der Waals surface area contributed by atoms with Crippen molar-refractivity contribution in [2.75, 3.05) is 11.9 Å². The van der Waals surface area contributed by atoms with Crippen molar-refractivity contribution < 1.29 is 19.1 Å². The number of rotatable bonds is 6. The molecular weight excluding hydrogens is 353 g/mol. The van der Waals surface area contributed by atoms with Crippen LogP contribution in [0.4, 0.5) is 5.69 Å². The van der Waals surface area contributed by atoms with Gasteiger partial charge in [0, 0.05) is 15.7 Å². The van der Waals surface area contributed by atoms with Crippen LogP contribution in [-0.4, -0.2) is 24.6 Å². The van der Waals surface area contributed by atoms with E-state index in [0.29, 0.717) is 21.5 Å². The van der Waals surface area contributed by atoms with Gasteiger partial charge in [-0.15, -0.1) is 0 Å². The number of hydrogen-bond acceptors (Lipinski definition) is 4. The molecule has 0 radical (unpaired) electrons. The molecule has 0 saturated heterocycles. The van der Waals surface area contributed by atoms with Gasteiger partial charge >= 0.3 is 5.97 Å². The Bertz CT molecular complexity index is 702. The molecule has 5 nitrogen and oxygen atoms in total. The van der Waals surface area contributed by atoms with Crippen LogP contribution < -0.4 is 10.1 Å². The standard InChI is InChI=1S/C17H15Cl2NO4/c1-11(17(22)20-14-6-2-12(18)3-7-14)24-16(21)10-23-15-8-4-13(19)5-9-15/h2-9,11H,10H2,1H3,(H,20,22). The number of carbonyl (C=O) groups excluding carboxylic acids is 2. The van der Waals surface area contributed by atoms with Crippen LogP contribution in [0.25, 0.3) is 0 Å². The molecule has 0 aliphatic carbocycles. The molecule has 0 spiro atoms. The molecule has 126 valence electrons. The average molecular weight is 368 g/mol. The van der Waals surface area contributed by atoms with E-state index in [1.165, 1.54) is 6.92 Å². The van der Waals surface area contributed by atoms with Gasteiger partial charge in [0.05, 0.1) is 0 Å². The van der Waals surface area contributed by atoms with E-state index < -0.39 is 18.0 Å². The summed E-state index contributed by atoms with van der Waals surface area (Å²) in [6, 6.07) is 13.1. The molecule has 2 aromatic rings. The van der Waals surface area contributed by atoms with Crippen LogP contribution in [0, 0.1) is 0 Å². The van der Waals surface area contributed by atoms with Crippen LogP contribution in [-0.2, 0) is 14.3 Å². The fraction of sp³-hybridized carbons (Fsp3) is 0.176. The summed E-state index contributed by atoms with van der Waals surface area (Å²) in [6.45, 7) is 1.17. The number of nitrogens with one attached hydrogen (secondary N) is 1. The lowest BCUT2D eigenvalue weighted by Crippen LogP contribution is -2.31. The molecule has 0 fully saturated rings. The second-order valence-electron chi connectivity index (χ2n) is 4.87. The van der Waals surface area contributed by atoms with Crippen molar-refractivity contribution in [3.05, 3.63) is 58.6 Å². The van der Waals surface area contributed by atoms with E-state index in [0.717, 1.165) is 0 Å². The second kappa shape index (κ2) is 8.57. The summed E-state index contributed by atoms with van der Waals surface area (Å²) >= 11 is 11.5. The molecule has 0 bridgehead atoms. The highest BCUT2D eigenvalue weighted by Crippen LogP contribution is 2.16. The van der Waals surface area contributed by atoms with E-state index in [9.17, 15) is 9.59 Å². The van der Waals surface area contributed by atoms with Gasteiger partial charge in [-0.25, -0.2) is 4.79 Å². The lowest BCUT2D eigenvalue weighted by molar-refractivity contribution is -0.155. The molecule has 7 heteroatoms. The zero-order valence-corrected chi connectivity index (χ0v) is 14.3. The number of ether oxygens (including phenoxy) is 2. The molecule has 1 atom stereocenters. The number of benzene rings is 2. The van der Waals surface area contributed by atoms with Crippen molar-refractivity contribution in [1.29, 1.82) is 0 Å². The highest BCUT2D eigenvalue weighted by molar-refractivity contribution is 6.30. The van der Waals surface area contributed by atoms with Gasteiger partial charge in [-0.1, -0.05) is 23.2 Å². The van der Waals surface area contributed by atoms with Crippen molar-refractivity contribution in [2.24, 2.45) is 0 Å². The molecule has 0 aliphatic heterocycles. The Morgan fingerprint density at radius 2 is 1.54 bits per heavy atom. The van der Waals surface area contributed by atoms with Crippen LogP contribution in [0.1, 0.15) is 6.92 Å². The highest BCUT2D eigenvalue weighted by Gasteiger charge is 2.18.